The van der Waals surface area contributed by atoms with E-state index in [4.69, 9.17) is 0 Å². The van der Waals surface area contributed by atoms with E-state index in [-0.39, 0.29) is 5.48 Å². The van der Waals surface area contributed by atoms with Crippen LogP contribution in [0, 0.1) is 0 Å². The van der Waals surface area contributed by atoms with Crippen LogP contribution in [0.4, 0.5) is 11.4 Å². The number of quaternary nitrogens is 1. The highest BCUT2D eigenvalue weighted by Gasteiger charge is 2.30. The number of unbranched alkanes of at least 4 members (excludes halogenated alkanes) is 17. The van der Waals surface area contributed by atoms with Crippen molar-refractivity contribution in [1.82, 2.24) is 4.48 Å². The summed E-state index contributed by atoms with van der Waals surface area (Å²) in [4.78, 5) is 0. The van der Waals surface area contributed by atoms with Gasteiger partial charge in [0.15, 0.2) is 0 Å². The van der Waals surface area contributed by atoms with E-state index >= 15 is 0 Å². The molecular weight excluding hydrogens is 438 g/mol. The van der Waals surface area contributed by atoms with Gasteiger partial charge in [-0.25, -0.2) is 0 Å². The summed E-state index contributed by atoms with van der Waals surface area (Å²) < 4.78 is 0.973. The van der Waals surface area contributed by atoms with Crippen molar-refractivity contribution >= 4 is 11.4 Å². The Labute approximate surface area is 224 Å². The van der Waals surface area contributed by atoms with Crippen molar-refractivity contribution in [2.75, 3.05) is 13.1 Å². The van der Waals surface area contributed by atoms with Crippen molar-refractivity contribution in [2.24, 2.45) is 0 Å². The van der Waals surface area contributed by atoms with Crippen molar-refractivity contribution in [3.8, 4) is 0 Å². The Morgan fingerprint density at radius 3 is 1.03 bits per heavy atom. The quantitative estimate of drug-likeness (QED) is 0.118. The normalized spacial score (nSPS) is 11.4. The average molecular weight is 496 g/mol. The van der Waals surface area contributed by atoms with Crippen molar-refractivity contribution in [2.45, 2.75) is 129 Å². The van der Waals surface area contributed by atoms with Crippen LogP contribution < -0.4 is 4.48 Å². The number of para-hydroxylation sites is 2. The highest BCUT2D eigenvalue weighted by molar-refractivity contribution is 5.58. The lowest BCUT2D eigenvalue weighted by molar-refractivity contribution is 0.382. The van der Waals surface area contributed by atoms with Gasteiger partial charge in [-0.2, -0.15) is 0 Å². The molecule has 0 heterocycles. The zero-order valence-electron chi connectivity index (χ0n) is 23.8. The molecule has 0 aromatic heterocycles. The van der Waals surface area contributed by atoms with E-state index in [1.165, 1.54) is 133 Å². The van der Waals surface area contributed by atoms with Crippen molar-refractivity contribution in [1.29, 1.82) is 0 Å². The van der Waals surface area contributed by atoms with Gasteiger partial charge >= 0.3 is 0 Å². The Morgan fingerprint density at radius 2 is 0.722 bits per heavy atom. The molecule has 2 heteroatoms. The molecule has 0 spiro atoms. The monoisotopic (exact) mass is 495 g/mol. The van der Waals surface area contributed by atoms with Crippen LogP contribution in [0.3, 0.4) is 0 Å². The van der Waals surface area contributed by atoms with E-state index < -0.39 is 0 Å². The Kier molecular flexibility index (Phi) is 19.3. The fourth-order valence-corrected chi connectivity index (χ4v) is 5.64. The van der Waals surface area contributed by atoms with E-state index in [1.807, 2.05) is 0 Å². The summed E-state index contributed by atoms with van der Waals surface area (Å²) in [5.74, 6) is 0. The molecule has 0 saturated carbocycles. The minimum Gasteiger partial charge on any atom is -0.870 e. The summed E-state index contributed by atoms with van der Waals surface area (Å²) in [6, 6.07) is 22.3. The van der Waals surface area contributed by atoms with E-state index in [2.05, 4.69) is 74.5 Å². The third-order valence-electron chi connectivity index (χ3n) is 7.93. The fourth-order valence-electron chi connectivity index (χ4n) is 5.64. The first-order valence-corrected chi connectivity index (χ1v) is 15.3. The van der Waals surface area contributed by atoms with E-state index in [1.54, 1.807) is 0 Å². The van der Waals surface area contributed by atoms with E-state index in [0.29, 0.717) is 0 Å². The molecule has 0 aliphatic carbocycles. The molecule has 0 aliphatic rings. The Morgan fingerprint density at radius 1 is 0.417 bits per heavy atom. The van der Waals surface area contributed by atoms with Gasteiger partial charge in [0.25, 0.3) is 0 Å². The maximum absolute atomic E-state index is 2.34. The zero-order valence-corrected chi connectivity index (χ0v) is 23.8. The molecule has 0 saturated heterocycles. The summed E-state index contributed by atoms with van der Waals surface area (Å²) in [7, 11) is 0. The molecule has 204 valence electrons. The zero-order chi connectivity index (χ0) is 24.9. The first kappa shape index (κ1) is 32.4. The summed E-state index contributed by atoms with van der Waals surface area (Å²) in [6.07, 6.45) is 25.8. The van der Waals surface area contributed by atoms with Gasteiger partial charge in [0.2, 0.25) is 0 Å². The highest BCUT2D eigenvalue weighted by Crippen LogP contribution is 2.35. The average Bonchev–Trinajstić information content (AvgIpc) is 2.91. The molecule has 0 atom stereocenters. The predicted octanol–water partition coefficient (Wildman–Crippen LogP) is 11.2. The molecule has 2 aromatic rings. The number of rotatable bonds is 22. The van der Waals surface area contributed by atoms with Crippen LogP contribution >= 0.6 is 0 Å². The largest absolute Gasteiger partial charge is 0.870 e. The van der Waals surface area contributed by atoms with Crippen molar-refractivity contribution in [3.63, 3.8) is 0 Å². The topological polar surface area (TPSA) is 30.0 Å². The molecular formula is C34H57NO. The molecule has 2 rings (SSSR count). The van der Waals surface area contributed by atoms with Gasteiger partial charge in [0.1, 0.15) is 11.4 Å². The first-order chi connectivity index (χ1) is 17.3. The molecule has 0 unspecified atom stereocenters. The van der Waals surface area contributed by atoms with Gasteiger partial charge in [-0.05, 0) is 44.0 Å². The molecule has 2 nitrogen and oxygen atoms in total. The minimum absolute atomic E-state index is 0. The van der Waals surface area contributed by atoms with Gasteiger partial charge in [0, 0.05) is 0 Å². The Bertz CT molecular complexity index is 675. The van der Waals surface area contributed by atoms with Crippen molar-refractivity contribution < 1.29 is 5.48 Å². The maximum Gasteiger partial charge on any atom is 0.137 e. The van der Waals surface area contributed by atoms with Crippen molar-refractivity contribution in [3.05, 3.63) is 60.7 Å². The second-order valence-electron chi connectivity index (χ2n) is 10.7. The Balaban J connectivity index is 0.00000648. The fraction of sp³-hybridized carbons (Fsp3) is 0.647. The van der Waals surface area contributed by atoms with E-state index in [9.17, 15) is 0 Å². The van der Waals surface area contributed by atoms with Gasteiger partial charge in [0.05, 0.1) is 13.1 Å². The predicted molar refractivity (Wildman–Crippen MR) is 160 cm³/mol. The third-order valence-corrected chi connectivity index (χ3v) is 7.93. The third kappa shape index (κ3) is 12.5. The summed E-state index contributed by atoms with van der Waals surface area (Å²) in [5.41, 5.74) is 2.85. The second kappa shape index (κ2) is 21.4. The van der Waals surface area contributed by atoms with Crippen LogP contribution in [-0.2, 0) is 0 Å². The number of benzene rings is 2. The first-order valence-electron chi connectivity index (χ1n) is 15.3. The SMILES string of the molecule is CCCCCCCCCCCCCCCCCCCC[N+](CC)(c1ccccc1)c1ccccc1.[OH-]. The van der Waals surface area contributed by atoms with Crippen LogP contribution in [0.1, 0.15) is 129 Å². The molecule has 0 amide bonds. The number of hydrogen-bond donors (Lipinski definition) is 0. The molecule has 0 radical (unpaired) electrons. The Hall–Kier alpha value is -1.64. The van der Waals surface area contributed by atoms with Gasteiger partial charge in [-0.15, -0.1) is 0 Å². The summed E-state index contributed by atoms with van der Waals surface area (Å²) >= 11 is 0. The number of hydrogen-bond acceptors (Lipinski definition) is 1. The summed E-state index contributed by atoms with van der Waals surface area (Å²) in [5, 5.41) is 0. The smallest absolute Gasteiger partial charge is 0.137 e. The lowest BCUT2D eigenvalue weighted by Gasteiger charge is -2.37. The summed E-state index contributed by atoms with van der Waals surface area (Å²) in [6.45, 7) is 6.95. The molecule has 0 aliphatic heterocycles. The van der Waals surface area contributed by atoms with Crippen LogP contribution in [0.5, 0.6) is 0 Å². The molecule has 2 aromatic carbocycles. The molecule has 0 bridgehead atoms. The maximum atomic E-state index is 2.34. The second-order valence-corrected chi connectivity index (χ2v) is 10.7. The van der Waals surface area contributed by atoms with Crippen LogP contribution in [0.25, 0.3) is 0 Å². The molecule has 1 N–H and O–H groups in total. The van der Waals surface area contributed by atoms with Crippen LogP contribution in [0.2, 0.25) is 0 Å². The van der Waals surface area contributed by atoms with Gasteiger partial charge in [-0.3, -0.25) is 4.48 Å². The van der Waals surface area contributed by atoms with Gasteiger partial charge in [-0.1, -0.05) is 146 Å². The molecule has 0 fully saturated rings. The highest BCUT2D eigenvalue weighted by atomic mass is 16.0. The molecule has 36 heavy (non-hydrogen) atoms. The number of nitrogens with zero attached hydrogens (tertiary/aromatic N) is 1. The standard InChI is InChI=1S/C34H56N.H2O/c1-3-5-6-7-8-9-10-11-12-13-14-15-16-17-18-19-20-27-32-35(4-2,33-28-23-21-24-29-33)34-30-25-22-26-31-34;/h21-26,28-31H,3-20,27,32H2,1-2H3;1H2/q+1;/p-1. The minimum atomic E-state index is 0. The van der Waals surface area contributed by atoms with Crippen LogP contribution in [-0.4, -0.2) is 18.6 Å². The lowest BCUT2D eigenvalue weighted by Crippen LogP contribution is -2.44. The lowest BCUT2D eigenvalue weighted by atomic mass is 10.0. The van der Waals surface area contributed by atoms with Gasteiger partial charge < -0.3 is 5.48 Å². The van der Waals surface area contributed by atoms with Crippen LogP contribution in [0.15, 0.2) is 60.7 Å². The van der Waals surface area contributed by atoms with E-state index in [0.717, 1.165) is 11.0 Å².